The average molecular weight is 254 g/mol. The first-order valence-corrected chi connectivity index (χ1v) is 6.51. The van der Waals surface area contributed by atoms with Crippen molar-refractivity contribution in [3.63, 3.8) is 0 Å². The van der Waals surface area contributed by atoms with Crippen LogP contribution in [-0.2, 0) is 9.53 Å². The van der Waals surface area contributed by atoms with Gasteiger partial charge in [-0.15, -0.1) is 0 Å². The SMILES string of the molecule is CC(C)(C)OC(=O)N1CC2(CCC1C(N)=O)CC2. The summed E-state index contributed by atoms with van der Waals surface area (Å²) in [4.78, 5) is 25.1. The maximum Gasteiger partial charge on any atom is 0.410 e. The van der Waals surface area contributed by atoms with Crippen LogP contribution in [0.15, 0.2) is 0 Å². The molecule has 2 N–H and O–H groups in total. The first kappa shape index (κ1) is 13.2. The van der Waals surface area contributed by atoms with Crippen molar-refractivity contribution in [3.8, 4) is 0 Å². The highest BCUT2D eigenvalue weighted by Crippen LogP contribution is 2.53. The number of hydrogen-bond donors (Lipinski definition) is 1. The van der Waals surface area contributed by atoms with Gasteiger partial charge < -0.3 is 10.5 Å². The lowest BCUT2D eigenvalue weighted by Gasteiger charge is -2.39. The van der Waals surface area contributed by atoms with Crippen molar-refractivity contribution < 1.29 is 14.3 Å². The summed E-state index contributed by atoms with van der Waals surface area (Å²) in [6.45, 7) is 6.07. The molecule has 5 nitrogen and oxygen atoms in total. The summed E-state index contributed by atoms with van der Waals surface area (Å²) >= 11 is 0. The zero-order chi connectivity index (χ0) is 13.6. The highest BCUT2D eigenvalue weighted by Gasteiger charge is 2.51. The summed E-state index contributed by atoms with van der Waals surface area (Å²) in [6, 6.07) is -0.508. The Kier molecular flexibility index (Phi) is 3.03. The molecule has 102 valence electrons. The van der Waals surface area contributed by atoms with Crippen LogP contribution in [0.4, 0.5) is 4.79 Å². The van der Waals surface area contributed by atoms with Gasteiger partial charge in [-0.25, -0.2) is 4.79 Å². The van der Waals surface area contributed by atoms with Crippen LogP contribution < -0.4 is 5.73 Å². The summed E-state index contributed by atoms with van der Waals surface area (Å²) in [5.74, 6) is -0.434. The van der Waals surface area contributed by atoms with E-state index in [2.05, 4.69) is 0 Å². The third-order valence-electron chi connectivity index (χ3n) is 3.74. The van der Waals surface area contributed by atoms with Crippen LogP contribution in [0.3, 0.4) is 0 Å². The Morgan fingerprint density at radius 2 is 1.89 bits per heavy atom. The normalized spacial score (nSPS) is 25.9. The number of likely N-dealkylation sites (tertiary alicyclic amines) is 1. The van der Waals surface area contributed by atoms with Gasteiger partial charge in [0.25, 0.3) is 0 Å². The van der Waals surface area contributed by atoms with E-state index in [4.69, 9.17) is 10.5 Å². The highest BCUT2D eigenvalue weighted by atomic mass is 16.6. The molecular weight excluding hydrogens is 232 g/mol. The second-order valence-electron chi connectivity index (χ2n) is 6.57. The molecule has 1 aliphatic carbocycles. The number of hydrogen-bond acceptors (Lipinski definition) is 3. The zero-order valence-electron chi connectivity index (χ0n) is 11.4. The molecule has 0 aromatic rings. The number of piperidine rings is 1. The Balaban J connectivity index is 2.09. The molecule has 1 heterocycles. The van der Waals surface area contributed by atoms with Crippen molar-refractivity contribution in [2.24, 2.45) is 11.1 Å². The van der Waals surface area contributed by atoms with Crippen LogP contribution in [0.2, 0.25) is 0 Å². The van der Waals surface area contributed by atoms with Gasteiger partial charge in [0.2, 0.25) is 5.91 Å². The lowest BCUT2D eigenvalue weighted by molar-refractivity contribution is -0.125. The van der Waals surface area contributed by atoms with E-state index in [0.29, 0.717) is 13.0 Å². The molecule has 0 radical (unpaired) electrons. The van der Waals surface area contributed by atoms with Crippen molar-refractivity contribution in [1.29, 1.82) is 0 Å². The molecular formula is C13H22N2O3. The van der Waals surface area contributed by atoms with E-state index in [-0.39, 0.29) is 5.41 Å². The van der Waals surface area contributed by atoms with Gasteiger partial charge in [-0.05, 0) is 51.9 Å². The fourth-order valence-corrected chi connectivity index (χ4v) is 2.54. The van der Waals surface area contributed by atoms with Gasteiger partial charge in [-0.2, -0.15) is 0 Å². The number of carbonyl (C=O) groups is 2. The molecule has 2 amide bonds. The van der Waals surface area contributed by atoms with E-state index < -0.39 is 23.6 Å². The minimum absolute atomic E-state index is 0.239. The van der Waals surface area contributed by atoms with Gasteiger partial charge in [0.1, 0.15) is 11.6 Å². The smallest absolute Gasteiger partial charge is 0.410 e. The molecule has 2 rings (SSSR count). The Morgan fingerprint density at radius 3 is 2.33 bits per heavy atom. The lowest BCUT2D eigenvalue weighted by Crippen LogP contribution is -2.54. The van der Waals surface area contributed by atoms with Crippen LogP contribution in [0.5, 0.6) is 0 Å². The number of nitrogens with two attached hydrogens (primary N) is 1. The molecule has 0 aromatic heterocycles. The molecule has 5 heteroatoms. The standard InChI is InChI=1S/C13H22N2O3/c1-12(2,3)18-11(17)15-8-13(6-7-13)5-4-9(15)10(14)16/h9H,4-8H2,1-3H3,(H2,14,16). The quantitative estimate of drug-likeness (QED) is 0.773. The van der Waals surface area contributed by atoms with Gasteiger partial charge >= 0.3 is 6.09 Å². The van der Waals surface area contributed by atoms with Crippen molar-refractivity contribution in [2.45, 2.75) is 58.1 Å². The molecule has 18 heavy (non-hydrogen) atoms. The first-order chi connectivity index (χ1) is 8.22. The van der Waals surface area contributed by atoms with Crippen LogP contribution in [0, 0.1) is 5.41 Å². The van der Waals surface area contributed by atoms with Gasteiger partial charge in [0.05, 0.1) is 0 Å². The predicted octanol–water partition coefficient (Wildman–Crippen LogP) is 1.65. The summed E-state index contributed by atoms with van der Waals surface area (Å²) in [6.07, 6.45) is 3.50. The average Bonchev–Trinajstić information content (AvgIpc) is 2.94. The Hall–Kier alpha value is -1.26. The summed E-state index contributed by atoms with van der Waals surface area (Å²) in [5, 5.41) is 0. The van der Waals surface area contributed by atoms with E-state index in [1.54, 1.807) is 0 Å². The molecule has 1 saturated carbocycles. The third kappa shape index (κ3) is 2.76. The topological polar surface area (TPSA) is 72.6 Å². The predicted molar refractivity (Wildman–Crippen MR) is 66.8 cm³/mol. The van der Waals surface area contributed by atoms with Gasteiger partial charge in [0.15, 0.2) is 0 Å². The highest BCUT2D eigenvalue weighted by molar-refractivity contribution is 5.84. The van der Waals surface area contributed by atoms with Crippen molar-refractivity contribution in [1.82, 2.24) is 4.90 Å². The fraction of sp³-hybridized carbons (Fsp3) is 0.846. The maximum absolute atomic E-state index is 12.1. The Bertz CT molecular complexity index is 369. The molecule has 1 unspecified atom stereocenters. The Morgan fingerprint density at radius 1 is 1.28 bits per heavy atom. The zero-order valence-corrected chi connectivity index (χ0v) is 11.4. The van der Waals surface area contributed by atoms with E-state index >= 15 is 0 Å². The van der Waals surface area contributed by atoms with E-state index in [0.717, 1.165) is 19.3 Å². The lowest BCUT2D eigenvalue weighted by atomic mass is 9.90. The largest absolute Gasteiger partial charge is 0.444 e. The summed E-state index contributed by atoms with van der Waals surface area (Å²) in [5.41, 5.74) is 5.07. The molecule has 1 atom stereocenters. The Labute approximate surface area is 108 Å². The number of carbonyl (C=O) groups excluding carboxylic acids is 2. The summed E-state index contributed by atoms with van der Waals surface area (Å²) < 4.78 is 5.36. The molecule has 1 aliphatic heterocycles. The van der Waals surface area contributed by atoms with E-state index in [1.807, 2.05) is 20.8 Å². The second kappa shape index (κ2) is 4.14. The molecule has 2 aliphatic rings. The van der Waals surface area contributed by atoms with E-state index in [9.17, 15) is 9.59 Å². The van der Waals surface area contributed by atoms with Crippen LogP contribution in [0.25, 0.3) is 0 Å². The molecule has 0 bridgehead atoms. The monoisotopic (exact) mass is 254 g/mol. The summed E-state index contributed by atoms with van der Waals surface area (Å²) in [7, 11) is 0. The third-order valence-corrected chi connectivity index (χ3v) is 3.74. The number of primary amides is 1. The molecule has 0 aromatic carbocycles. The number of amides is 2. The minimum atomic E-state index is -0.548. The number of rotatable bonds is 1. The van der Waals surface area contributed by atoms with Crippen LogP contribution in [-0.4, -0.2) is 35.1 Å². The molecule has 2 fully saturated rings. The first-order valence-electron chi connectivity index (χ1n) is 6.51. The number of ether oxygens (including phenoxy) is 1. The van der Waals surface area contributed by atoms with Crippen molar-refractivity contribution in [3.05, 3.63) is 0 Å². The molecule has 1 spiro atoms. The van der Waals surface area contributed by atoms with Gasteiger partial charge in [-0.3, -0.25) is 9.69 Å². The van der Waals surface area contributed by atoms with Crippen molar-refractivity contribution >= 4 is 12.0 Å². The van der Waals surface area contributed by atoms with Crippen LogP contribution in [0.1, 0.15) is 46.5 Å². The molecule has 1 saturated heterocycles. The van der Waals surface area contributed by atoms with E-state index in [1.165, 1.54) is 4.90 Å². The van der Waals surface area contributed by atoms with Crippen molar-refractivity contribution in [2.75, 3.05) is 6.54 Å². The van der Waals surface area contributed by atoms with Gasteiger partial charge in [-0.1, -0.05) is 0 Å². The second-order valence-corrected chi connectivity index (χ2v) is 6.57. The number of nitrogens with zero attached hydrogens (tertiary/aromatic N) is 1. The van der Waals surface area contributed by atoms with Crippen LogP contribution >= 0.6 is 0 Å². The van der Waals surface area contributed by atoms with Gasteiger partial charge in [0, 0.05) is 6.54 Å². The minimum Gasteiger partial charge on any atom is -0.444 e. The fourth-order valence-electron chi connectivity index (χ4n) is 2.54. The maximum atomic E-state index is 12.1.